The minimum atomic E-state index is -0.440. The van der Waals surface area contributed by atoms with Crippen LogP contribution in [0.2, 0.25) is 0 Å². The lowest BCUT2D eigenvalue weighted by Gasteiger charge is -2.31. The van der Waals surface area contributed by atoms with Gasteiger partial charge in [0.25, 0.3) is 0 Å². The molecule has 0 bridgehead atoms. The van der Waals surface area contributed by atoms with Gasteiger partial charge in [0, 0.05) is 12.1 Å². The van der Waals surface area contributed by atoms with E-state index in [1.807, 2.05) is 20.8 Å². The van der Waals surface area contributed by atoms with Gasteiger partial charge in [-0.3, -0.25) is 15.0 Å². The Hall–Kier alpha value is -0.850. The summed E-state index contributed by atoms with van der Waals surface area (Å²) in [7, 11) is 0. The summed E-state index contributed by atoms with van der Waals surface area (Å²) in [6, 6.07) is -0.440. The molecule has 0 aliphatic carbocycles. The van der Waals surface area contributed by atoms with Crippen molar-refractivity contribution in [1.29, 1.82) is 0 Å². The monoisotopic (exact) mass is 306 g/mol. The molecule has 0 spiro atoms. The molecule has 1 rings (SSSR count). The Morgan fingerprint density at radius 1 is 1.35 bits per heavy atom. The molecular weight excluding hydrogens is 280 g/mol. The molecule has 3 amide bonds. The van der Waals surface area contributed by atoms with Crippen LogP contribution in [0.3, 0.4) is 0 Å². The number of carbonyl (C=O) groups is 2. The van der Waals surface area contributed by atoms with Crippen molar-refractivity contribution in [1.82, 2.24) is 15.5 Å². The second-order valence-electron chi connectivity index (χ2n) is 6.23. The topological polar surface area (TPSA) is 87.5 Å². The van der Waals surface area contributed by atoms with Crippen LogP contribution in [0.25, 0.3) is 0 Å². The van der Waals surface area contributed by atoms with Crippen molar-refractivity contribution in [3.8, 4) is 0 Å². The Kier molecular flexibility index (Phi) is 8.08. The summed E-state index contributed by atoms with van der Waals surface area (Å²) in [5.41, 5.74) is 5.31. The van der Waals surface area contributed by atoms with Crippen molar-refractivity contribution >= 4 is 24.3 Å². The molecule has 20 heavy (non-hydrogen) atoms. The number of hydrogen-bond donors (Lipinski definition) is 3. The maximum Gasteiger partial charge on any atom is 0.321 e. The Labute approximate surface area is 127 Å². The van der Waals surface area contributed by atoms with Crippen molar-refractivity contribution in [2.45, 2.75) is 39.2 Å². The minimum absolute atomic E-state index is 0. The van der Waals surface area contributed by atoms with Crippen LogP contribution in [0.4, 0.5) is 4.79 Å². The molecule has 1 heterocycles. The third-order valence-corrected chi connectivity index (χ3v) is 3.05. The zero-order valence-electron chi connectivity index (χ0n) is 12.6. The largest absolute Gasteiger partial charge is 0.333 e. The first kappa shape index (κ1) is 19.1. The van der Waals surface area contributed by atoms with E-state index in [1.165, 1.54) is 0 Å². The van der Waals surface area contributed by atoms with E-state index in [9.17, 15) is 9.59 Å². The number of nitrogens with one attached hydrogen (secondary N) is 2. The minimum Gasteiger partial charge on any atom is -0.333 e. The summed E-state index contributed by atoms with van der Waals surface area (Å²) >= 11 is 0. The van der Waals surface area contributed by atoms with E-state index < -0.39 is 6.03 Å². The molecule has 118 valence electrons. The van der Waals surface area contributed by atoms with E-state index in [2.05, 4.69) is 15.5 Å². The highest BCUT2D eigenvalue weighted by Crippen LogP contribution is 2.14. The molecule has 1 fully saturated rings. The molecule has 0 aromatic rings. The fourth-order valence-corrected chi connectivity index (χ4v) is 2.23. The van der Waals surface area contributed by atoms with Gasteiger partial charge >= 0.3 is 6.03 Å². The maximum absolute atomic E-state index is 11.8. The third kappa shape index (κ3) is 7.67. The lowest BCUT2D eigenvalue weighted by molar-refractivity contribution is -0.121. The number of urea groups is 1. The van der Waals surface area contributed by atoms with Gasteiger partial charge in [-0.2, -0.15) is 0 Å². The summed E-state index contributed by atoms with van der Waals surface area (Å²) in [5.74, 6) is 0.198. The van der Waals surface area contributed by atoms with E-state index in [0.717, 1.165) is 25.9 Å². The third-order valence-electron chi connectivity index (χ3n) is 3.05. The molecular formula is C13H27ClN4O2. The first-order chi connectivity index (χ1) is 8.80. The standard InChI is InChI=1S/C13H26N4O2.ClH/c1-13(2,3)16-12(19)15-11(18)9-17-6-4-5-10(7-14)8-17;/h10H,4-9,14H2,1-3H3,(H2,15,16,18,19);1H. The van der Waals surface area contributed by atoms with Gasteiger partial charge in [-0.05, 0) is 52.6 Å². The second-order valence-corrected chi connectivity index (χ2v) is 6.23. The van der Waals surface area contributed by atoms with E-state index >= 15 is 0 Å². The number of halogens is 1. The predicted octanol–water partition coefficient (Wildman–Crippen LogP) is 0.703. The molecule has 1 saturated heterocycles. The Morgan fingerprint density at radius 3 is 2.55 bits per heavy atom. The van der Waals surface area contributed by atoms with Crippen LogP contribution in [-0.4, -0.2) is 48.6 Å². The number of hydrogen-bond acceptors (Lipinski definition) is 4. The van der Waals surface area contributed by atoms with Crippen LogP contribution in [0.5, 0.6) is 0 Å². The highest BCUT2D eigenvalue weighted by atomic mass is 35.5. The molecule has 1 unspecified atom stereocenters. The quantitative estimate of drug-likeness (QED) is 0.716. The molecule has 0 aromatic heterocycles. The van der Waals surface area contributed by atoms with Gasteiger partial charge < -0.3 is 11.1 Å². The van der Waals surface area contributed by atoms with E-state index in [1.54, 1.807) is 0 Å². The second kappa shape index (κ2) is 8.44. The zero-order chi connectivity index (χ0) is 14.5. The molecule has 0 radical (unpaired) electrons. The molecule has 1 aliphatic rings. The summed E-state index contributed by atoms with van der Waals surface area (Å²) in [5, 5.41) is 5.05. The normalized spacial score (nSPS) is 19.9. The first-order valence-corrected chi connectivity index (χ1v) is 6.84. The summed E-state index contributed by atoms with van der Waals surface area (Å²) in [4.78, 5) is 25.4. The zero-order valence-corrected chi connectivity index (χ0v) is 13.4. The Balaban J connectivity index is 0.00000361. The number of rotatable bonds is 3. The number of imide groups is 1. The molecule has 1 atom stereocenters. The molecule has 4 N–H and O–H groups in total. The summed E-state index contributed by atoms with van der Waals surface area (Å²) in [6.45, 7) is 8.25. The number of nitrogens with zero attached hydrogens (tertiary/aromatic N) is 1. The lowest BCUT2D eigenvalue weighted by Crippen LogP contribution is -2.51. The number of amides is 3. The van der Waals surface area contributed by atoms with Crippen molar-refractivity contribution < 1.29 is 9.59 Å². The smallest absolute Gasteiger partial charge is 0.321 e. The Bertz CT molecular complexity index is 331. The van der Waals surface area contributed by atoms with Gasteiger partial charge in [0.05, 0.1) is 6.54 Å². The number of nitrogens with two attached hydrogens (primary N) is 1. The average Bonchev–Trinajstić information content (AvgIpc) is 2.26. The molecule has 7 heteroatoms. The van der Waals surface area contributed by atoms with Gasteiger partial charge in [-0.1, -0.05) is 0 Å². The van der Waals surface area contributed by atoms with Crippen molar-refractivity contribution in [2.24, 2.45) is 11.7 Å². The van der Waals surface area contributed by atoms with Gasteiger partial charge in [0.2, 0.25) is 5.91 Å². The van der Waals surface area contributed by atoms with Crippen LogP contribution < -0.4 is 16.4 Å². The average molecular weight is 307 g/mol. The maximum atomic E-state index is 11.8. The van der Waals surface area contributed by atoms with Gasteiger partial charge in [0.1, 0.15) is 0 Å². The van der Waals surface area contributed by atoms with E-state index in [-0.39, 0.29) is 30.4 Å². The van der Waals surface area contributed by atoms with Crippen LogP contribution in [0.1, 0.15) is 33.6 Å². The van der Waals surface area contributed by atoms with Crippen LogP contribution in [0, 0.1) is 5.92 Å². The molecule has 6 nitrogen and oxygen atoms in total. The Morgan fingerprint density at radius 2 is 2.00 bits per heavy atom. The number of likely N-dealkylation sites (tertiary alicyclic amines) is 1. The molecule has 0 aromatic carbocycles. The van der Waals surface area contributed by atoms with Crippen molar-refractivity contribution in [2.75, 3.05) is 26.2 Å². The highest BCUT2D eigenvalue weighted by Gasteiger charge is 2.22. The van der Waals surface area contributed by atoms with Gasteiger partial charge in [0.15, 0.2) is 0 Å². The number of carbonyl (C=O) groups excluding carboxylic acids is 2. The number of piperidine rings is 1. The van der Waals surface area contributed by atoms with E-state index in [0.29, 0.717) is 12.5 Å². The van der Waals surface area contributed by atoms with Crippen molar-refractivity contribution in [3.63, 3.8) is 0 Å². The van der Waals surface area contributed by atoms with E-state index in [4.69, 9.17) is 5.73 Å². The predicted molar refractivity (Wildman–Crippen MR) is 81.9 cm³/mol. The van der Waals surface area contributed by atoms with Crippen LogP contribution in [-0.2, 0) is 4.79 Å². The summed E-state index contributed by atoms with van der Waals surface area (Å²) in [6.07, 6.45) is 2.18. The SMILES string of the molecule is CC(C)(C)NC(=O)NC(=O)CN1CCCC(CN)C1.Cl. The first-order valence-electron chi connectivity index (χ1n) is 6.84. The summed E-state index contributed by atoms with van der Waals surface area (Å²) < 4.78 is 0. The molecule has 1 aliphatic heterocycles. The molecule has 0 saturated carbocycles. The fourth-order valence-electron chi connectivity index (χ4n) is 2.23. The van der Waals surface area contributed by atoms with Crippen LogP contribution >= 0.6 is 12.4 Å². The van der Waals surface area contributed by atoms with Gasteiger partial charge in [-0.15, -0.1) is 12.4 Å². The van der Waals surface area contributed by atoms with Crippen LogP contribution in [0.15, 0.2) is 0 Å². The fraction of sp³-hybridized carbons (Fsp3) is 0.846. The highest BCUT2D eigenvalue weighted by molar-refractivity contribution is 5.95. The van der Waals surface area contributed by atoms with Gasteiger partial charge in [-0.25, -0.2) is 4.79 Å². The lowest BCUT2D eigenvalue weighted by atomic mass is 9.98. The van der Waals surface area contributed by atoms with Crippen molar-refractivity contribution in [3.05, 3.63) is 0 Å².